The Hall–Kier alpha value is -0.940. The summed E-state index contributed by atoms with van der Waals surface area (Å²) in [5, 5.41) is 2.71. The predicted molar refractivity (Wildman–Crippen MR) is 67.5 cm³/mol. The maximum Gasteiger partial charge on any atom is 0.0889 e. The lowest BCUT2D eigenvalue weighted by atomic mass is 10.1. The van der Waals surface area contributed by atoms with Crippen LogP contribution in [0.15, 0.2) is 29.8 Å². The Kier molecular flexibility index (Phi) is 3.56. The molecule has 2 rings (SSSR count). The molecule has 2 aromatic heterocycles. The van der Waals surface area contributed by atoms with Crippen molar-refractivity contribution < 1.29 is 0 Å². The van der Waals surface area contributed by atoms with Gasteiger partial charge in [0.1, 0.15) is 0 Å². The number of halogens is 1. The quantitative estimate of drug-likeness (QED) is 0.653. The molecule has 16 heavy (non-hydrogen) atoms. The molecular formula is C11H12ClN3S. The molecule has 0 spiro atoms. The van der Waals surface area contributed by atoms with E-state index in [9.17, 15) is 0 Å². The van der Waals surface area contributed by atoms with Crippen LogP contribution in [0.1, 0.15) is 22.2 Å². The molecule has 0 fully saturated rings. The van der Waals surface area contributed by atoms with Crippen LogP contribution in [0.25, 0.3) is 0 Å². The first kappa shape index (κ1) is 11.5. The minimum Gasteiger partial charge on any atom is -0.271 e. The van der Waals surface area contributed by atoms with Crippen molar-refractivity contribution in [2.75, 3.05) is 0 Å². The minimum atomic E-state index is -0.0813. The van der Waals surface area contributed by atoms with E-state index in [1.807, 2.05) is 12.1 Å². The number of hydrogen-bond acceptors (Lipinski definition) is 4. The predicted octanol–water partition coefficient (Wildman–Crippen LogP) is 2.66. The summed E-state index contributed by atoms with van der Waals surface area (Å²) in [5.41, 5.74) is 4.76. The summed E-state index contributed by atoms with van der Waals surface area (Å²) in [5.74, 6) is 5.57. The molecule has 2 heterocycles. The normalized spacial score (nSPS) is 12.7. The zero-order chi connectivity index (χ0) is 11.5. The van der Waals surface area contributed by atoms with E-state index in [0.717, 1.165) is 11.3 Å². The Labute approximate surface area is 103 Å². The molecule has 0 radical (unpaired) electrons. The van der Waals surface area contributed by atoms with Crippen LogP contribution >= 0.6 is 22.9 Å². The molecule has 0 aliphatic heterocycles. The van der Waals surface area contributed by atoms with E-state index in [2.05, 4.69) is 28.8 Å². The number of pyridine rings is 1. The first-order chi connectivity index (χ1) is 7.70. The molecule has 0 aromatic carbocycles. The van der Waals surface area contributed by atoms with Gasteiger partial charge < -0.3 is 0 Å². The average molecular weight is 254 g/mol. The second kappa shape index (κ2) is 4.93. The lowest BCUT2D eigenvalue weighted by Gasteiger charge is -2.13. The fourth-order valence-corrected chi connectivity index (χ4v) is 2.37. The summed E-state index contributed by atoms with van der Waals surface area (Å²) in [6.07, 6.45) is 1.63. The van der Waals surface area contributed by atoms with Gasteiger partial charge >= 0.3 is 0 Å². The van der Waals surface area contributed by atoms with Crippen molar-refractivity contribution in [3.05, 3.63) is 50.9 Å². The summed E-state index contributed by atoms with van der Waals surface area (Å²) in [6, 6.07) is 5.71. The van der Waals surface area contributed by atoms with Gasteiger partial charge in [-0.05, 0) is 36.1 Å². The molecule has 84 valence electrons. The molecule has 3 N–H and O–H groups in total. The van der Waals surface area contributed by atoms with E-state index in [0.29, 0.717) is 5.02 Å². The zero-order valence-electron chi connectivity index (χ0n) is 8.77. The lowest BCUT2D eigenvalue weighted by molar-refractivity contribution is 0.622. The number of nitrogens with two attached hydrogens (primary N) is 1. The number of hydrazine groups is 1. The molecule has 5 heteroatoms. The van der Waals surface area contributed by atoms with Crippen LogP contribution in [0.2, 0.25) is 5.02 Å². The van der Waals surface area contributed by atoms with E-state index < -0.39 is 0 Å². The van der Waals surface area contributed by atoms with Gasteiger partial charge in [0.25, 0.3) is 0 Å². The molecule has 3 nitrogen and oxygen atoms in total. The number of nitrogens with one attached hydrogen (secondary N) is 1. The van der Waals surface area contributed by atoms with Gasteiger partial charge in [0.2, 0.25) is 0 Å². The van der Waals surface area contributed by atoms with Crippen molar-refractivity contribution in [1.29, 1.82) is 0 Å². The van der Waals surface area contributed by atoms with Gasteiger partial charge in [-0.15, -0.1) is 11.3 Å². The number of aromatic nitrogens is 1. The highest BCUT2D eigenvalue weighted by Gasteiger charge is 2.14. The fourth-order valence-electron chi connectivity index (χ4n) is 1.53. The van der Waals surface area contributed by atoms with Crippen molar-refractivity contribution in [2.24, 2.45) is 5.84 Å². The second-order valence-electron chi connectivity index (χ2n) is 3.49. The number of aryl methyl sites for hydroxylation is 1. The Morgan fingerprint density at radius 1 is 1.50 bits per heavy atom. The van der Waals surface area contributed by atoms with Crippen LogP contribution in [0, 0.1) is 6.92 Å². The van der Waals surface area contributed by atoms with Crippen LogP contribution in [0.3, 0.4) is 0 Å². The van der Waals surface area contributed by atoms with Gasteiger partial charge in [0.05, 0.1) is 16.8 Å². The van der Waals surface area contributed by atoms with Crippen LogP contribution in [0.5, 0.6) is 0 Å². The van der Waals surface area contributed by atoms with Gasteiger partial charge in [-0.3, -0.25) is 10.8 Å². The van der Waals surface area contributed by atoms with Crippen molar-refractivity contribution in [2.45, 2.75) is 13.0 Å². The van der Waals surface area contributed by atoms with Crippen molar-refractivity contribution in [3.8, 4) is 0 Å². The van der Waals surface area contributed by atoms with Crippen molar-refractivity contribution in [1.82, 2.24) is 10.4 Å². The maximum atomic E-state index is 5.80. The molecule has 0 saturated carbocycles. The lowest BCUT2D eigenvalue weighted by Crippen LogP contribution is -2.29. The summed E-state index contributed by atoms with van der Waals surface area (Å²) >= 11 is 7.49. The summed E-state index contributed by atoms with van der Waals surface area (Å²) < 4.78 is 0. The first-order valence-corrected chi connectivity index (χ1v) is 6.09. The Morgan fingerprint density at radius 3 is 2.81 bits per heavy atom. The van der Waals surface area contributed by atoms with Crippen LogP contribution < -0.4 is 11.3 Å². The molecule has 0 saturated heterocycles. The highest BCUT2D eigenvalue weighted by atomic mass is 35.5. The summed E-state index contributed by atoms with van der Waals surface area (Å²) in [7, 11) is 0. The van der Waals surface area contributed by atoms with E-state index in [1.165, 1.54) is 4.88 Å². The van der Waals surface area contributed by atoms with Crippen LogP contribution in [0.4, 0.5) is 0 Å². The van der Waals surface area contributed by atoms with Gasteiger partial charge in [0, 0.05) is 11.1 Å². The topological polar surface area (TPSA) is 50.9 Å². The summed E-state index contributed by atoms with van der Waals surface area (Å²) in [4.78, 5) is 5.52. The molecule has 1 unspecified atom stereocenters. The molecular weight excluding hydrogens is 242 g/mol. The van der Waals surface area contributed by atoms with Gasteiger partial charge in [0.15, 0.2) is 0 Å². The second-order valence-corrected chi connectivity index (χ2v) is 5.04. The minimum absolute atomic E-state index is 0.0813. The Balaban J connectivity index is 2.32. The molecule has 0 aliphatic rings. The van der Waals surface area contributed by atoms with E-state index in [1.54, 1.807) is 17.5 Å². The zero-order valence-corrected chi connectivity index (χ0v) is 10.3. The van der Waals surface area contributed by atoms with Crippen LogP contribution in [-0.4, -0.2) is 4.98 Å². The standard InChI is InChI=1S/C11H12ClN3S/c1-7-4-8(6-16-7)11(15-13)10-3-2-9(12)5-14-10/h2-6,11,15H,13H2,1H3. The highest BCUT2D eigenvalue weighted by molar-refractivity contribution is 7.10. The van der Waals surface area contributed by atoms with Crippen molar-refractivity contribution >= 4 is 22.9 Å². The third-order valence-corrected chi connectivity index (χ3v) is 3.40. The molecule has 0 bridgehead atoms. The smallest absolute Gasteiger partial charge is 0.0889 e. The number of nitrogens with zero attached hydrogens (tertiary/aromatic N) is 1. The number of rotatable bonds is 3. The largest absolute Gasteiger partial charge is 0.271 e. The molecule has 0 aliphatic carbocycles. The maximum absolute atomic E-state index is 5.80. The fraction of sp³-hybridized carbons (Fsp3) is 0.182. The van der Waals surface area contributed by atoms with Gasteiger partial charge in [-0.2, -0.15) is 0 Å². The first-order valence-electron chi connectivity index (χ1n) is 4.83. The van der Waals surface area contributed by atoms with Gasteiger partial charge in [-0.25, -0.2) is 5.43 Å². The SMILES string of the molecule is Cc1cc(C(NN)c2ccc(Cl)cn2)cs1. The molecule has 2 aromatic rings. The van der Waals surface area contributed by atoms with Crippen molar-refractivity contribution in [3.63, 3.8) is 0 Å². The monoisotopic (exact) mass is 253 g/mol. The van der Waals surface area contributed by atoms with Crippen LogP contribution in [-0.2, 0) is 0 Å². The number of hydrogen-bond donors (Lipinski definition) is 2. The number of thiophene rings is 1. The summed E-state index contributed by atoms with van der Waals surface area (Å²) in [6.45, 7) is 2.07. The average Bonchev–Trinajstić information content (AvgIpc) is 2.69. The van der Waals surface area contributed by atoms with E-state index in [-0.39, 0.29) is 6.04 Å². The Bertz CT molecular complexity index is 466. The van der Waals surface area contributed by atoms with E-state index in [4.69, 9.17) is 17.4 Å². The molecule has 0 amide bonds. The Morgan fingerprint density at radius 2 is 2.31 bits per heavy atom. The molecule has 1 atom stereocenters. The third kappa shape index (κ3) is 2.41. The third-order valence-electron chi connectivity index (χ3n) is 2.30. The van der Waals surface area contributed by atoms with Gasteiger partial charge in [-0.1, -0.05) is 11.6 Å². The van der Waals surface area contributed by atoms with E-state index >= 15 is 0 Å². The highest BCUT2D eigenvalue weighted by Crippen LogP contribution is 2.24.